The third-order valence-electron chi connectivity index (χ3n) is 7.14. The van der Waals surface area contributed by atoms with Gasteiger partial charge in [-0.25, -0.2) is 4.99 Å². The van der Waals surface area contributed by atoms with Crippen LogP contribution in [0.3, 0.4) is 0 Å². The molecule has 0 aromatic heterocycles. The highest BCUT2D eigenvalue weighted by molar-refractivity contribution is 14.0. The first-order chi connectivity index (χ1) is 15.0. The van der Waals surface area contributed by atoms with Crippen LogP contribution in [0.1, 0.15) is 57.1 Å². The summed E-state index contributed by atoms with van der Waals surface area (Å²) < 4.78 is 11.9. The number of guanidine groups is 1. The normalized spacial score (nSPS) is 25.7. The zero-order valence-corrected chi connectivity index (χ0v) is 21.8. The minimum Gasteiger partial charge on any atom is -0.493 e. The molecule has 0 radical (unpaired) electrons. The van der Waals surface area contributed by atoms with E-state index in [0.717, 1.165) is 30.8 Å². The van der Waals surface area contributed by atoms with Gasteiger partial charge in [-0.3, -0.25) is 4.79 Å². The Morgan fingerprint density at radius 3 is 2.72 bits per heavy atom. The summed E-state index contributed by atoms with van der Waals surface area (Å²) in [6.07, 6.45) is 7.07. The first-order valence-electron chi connectivity index (χ1n) is 11.6. The molecule has 32 heavy (non-hydrogen) atoms. The molecule has 1 amide bonds. The highest BCUT2D eigenvalue weighted by Crippen LogP contribution is 2.54. The van der Waals surface area contributed by atoms with Gasteiger partial charge in [-0.2, -0.15) is 0 Å². The lowest BCUT2D eigenvalue weighted by molar-refractivity contribution is -0.127. The Kier molecular flexibility index (Phi) is 8.66. The van der Waals surface area contributed by atoms with Crippen LogP contribution in [0.25, 0.3) is 0 Å². The number of amides is 1. The zero-order chi connectivity index (χ0) is 21.8. The van der Waals surface area contributed by atoms with Gasteiger partial charge in [-0.05, 0) is 32.3 Å². The van der Waals surface area contributed by atoms with Crippen molar-refractivity contribution in [2.75, 3.05) is 33.9 Å². The van der Waals surface area contributed by atoms with E-state index in [1.54, 1.807) is 19.0 Å². The van der Waals surface area contributed by atoms with Gasteiger partial charge in [0.1, 0.15) is 12.3 Å². The topological polar surface area (TPSA) is 75.2 Å². The first kappa shape index (κ1) is 25.1. The van der Waals surface area contributed by atoms with Gasteiger partial charge in [0.15, 0.2) is 5.96 Å². The minimum atomic E-state index is -0.00939. The summed E-state index contributed by atoms with van der Waals surface area (Å²) in [6, 6.07) is 8.57. The third-order valence-corrected chi connectivity index (χ3v) is 7.14. The van der Waals surface area contributed by atoms with E-state index in [4.69, 9.17) is 9.47 Å². The van der Waals surface area contributed by atoms with Crippen LogP contribution < -0.4 is 15.4 Å². The van der Waals surface area contributed by atoms with E-state index in [9.17, 15) is 4.79 Å². The molecular weight excluding hydrogens is 519 g/mol. The van der Waals surface area contributed by atoms with Gasteiger partial charge >= 0.3 is 0 Å². The lowest BCUT2D eigenvalue weighted by Crippen LogP contribution is -2.65. The minimum absolute atomic E-state index is 0. The number of hydrogen-bond donors (Lipinski definition) is 2. The zero-order valence-electron chi connectivity index (χ0n) is 19.4. The summed E-state index contributed by atoms with van der Waals surface area (Å²) >= 11 is 0. The number of ether oxygens (including phenoxy) is 2. The Hall–Kier alpha value is -1.55. The lowest BCUT2D eigenvalue weighted by Gasteiger charge is -2.54. The van der Waals surface area contributed by atoms with Gasteiger partial charge in [0.2, 0.25) is 5.91 Å². The number of para-hydroxylation sites is 1. The number of rotatable bonds is 6. The van der Waals surface area contributed by atoms with E-state index in [0.29, 0.717) is 24.7 Å². The molecule has 2 saturated carbocycles. The van der Waals surface area contributed by atoms with Crippen molar-refractivity contribution in [3.05, 3.63) is 29.8 Å². The van der Waals surface area contributed by atoms with Crippen molar-refractivity contribution in [3.8, 4) is 5.75 Å². The van der Waals surface area contributed by atoms with E-state index in [-0.39, 0.29) is 47.9 Å². The molecule has 8 heteroatoms. The molecule has 3 atom stereocenters. The number of aliphatic imine (C=N–C) groups is 1. The van der Waals surface area contributed by atoms with Gasteiger partial charge in [0.05, 0.1) is 18.8 Å². The highest BCUT2D eigenvalue weighted by Gasteiger charge is 2.57. The van der Waals surface area contributed by atoms with E-state index in [1.165, 1.54) is 25.7 Å². The summed E-state index contributed by atoms with van der Waals surface area (Å²) in [4.78, 5) is 18.5. The molecule has 2 N–H and O–H groups in total. The Labute approximate surface area is 208 Å². The monoisotopic (exact) mass is 556 g/mol. The van der Waals surface area contributed by atoms with Crippen molar-refractivity contribution in [1.29, 1.82) is 0 Å². The van der Waals surface area contributed by atoms with Crippen molar-refractivity contribution in [2.24, 2.45) is 10.4 Å². The van der Waals surface area contributed by atoms with Crippen LogP contribution >= 0.6 is 24.0 Å². The number of likely N-dealkylation sites (N-methyl/N-ethyl adjacent to an activating group) is 1. The molecule has 0 bridgehead atoms. The second kappa shape index (κ2) is 11.0. The van der Waals surface area contributed by atoms with Crippen LogP contribution in [0.5, 0.6) is 5.75 Å². The van der Waals surface area contributed by atoms with E-state index in [2.05, 4.69) is 28.6 Å². The maximum absolute atomic E-state index is 12.2. The Morgan fingerprint density at radius 1 is 1.25 bits per heavy atom. The van der Waals surface area contributed by atoms with Crippen LogP contribution in [0.4, 0.5) is 0 Å². The predicted octanol–water partition coefficient (Wildman–Crippen LogP) is 3.49. The van der Waals surface area contributed by atoms with Gasteiger partial charge in [0, 0.05) is 44.1 Å². The number of halogens is 1. The second-order valence-electron chi connectivity index (χ2n) is 9.14. The largest absolute Gasteiger partial charge is 0.493 e. The predicted molar refractivity (Wildman–Crippen MR) is 137 cm³/mol. The molecule has 1 heterocycles. The van der Waals surface area contributed by atoms with E-state index >= 15 is 0 Å². The number of carbonyl (C=O) groups is 1. The highest BCUT2D eigenvalue weighted by atomic mass is 127. The van der Waals surface area contributed by atoms with Crippen LogP contribution in [0.2, 0.25) is 0 Å². The van der Waals surface area contributed by atoms with Gasteiger partial charge in [-0.15, -0.1) is 24.0 Å². The molecule has 3 unspecified atom stereocenters. The number of fused-ring (bicyclic) bond motifs is 1. The summed E-state index contributed by atoms with van der Waals surface area (Å²) in [7, 11) is 3.53. The average molecular weight is 556 g/mol. The Morgan fingerprint density at radius 2 is 2.00 bits per heavy atom. The summed E-state index contributed by atoms with van der Waals surface area (Å²) in [5, 5.41) is 7.30. The van der Waals surface area contributed by atoms with Crippen molar-refractivity contribution in [2.45, 2.75) is 63.6 Å². The van der Waals surface area contributed by atoms with Crippen LogP contribution in [-0.2, 0) is 9.53 Å². The van der Waals surface area contributed by atoms with Crippen molar-refractivity contribution in [3.63, 3.8) is 0 Å². The molecule has 3 aliphatic rings. The maximum Gasteiger partial charge on any atom is 0.243 e. The molecule has 1 aromatic carbocycles. The molecule has 7 nitrogen and oxygen atoms in total. The molecule has 2 aliphatic carbocycles. The number of carbonyl (C=O) groups excluding carboxylic acids is 1. The average Bonchev–Trinajstić information content (AvgIpc) is 3.30. The van der Waals surface area contributed by atoms with Crippen LogP contribution in [-0.4, -0.2) is 62.8 Å². The molecule has 0 saturated heterocycles. The number of hydrogen-bond acceptors (Lipinski definition) is 4. The Balaban J connectivity index is 0.00000289. The van der Waals surface area contributed by atoms with Gasteiger partial charge in [-0.1, -0.05) is 31.0 Å². The van der Waals surface area contributed by atoms with Gasteiger partial charge < -0.3 is 25.0 Å². The Bertz CT molecular complexity index is 810. The summed E-state index contributed by atoms with van der Waals surface area (Å²) in [5.74, 6) is 1.62. The smallest absolute Gasteiger partial charge is 0.243 e. The third kappa shape index (κ3) is 5.16. The van der Waals surface area contributed by atoms with E-state index < -0.39 is 0 Å². The second-order valence-corrected chi connectivity index (χ2v) is 9.14. The molecule has 4 rings (SSSR count). The number of benzene rings is 1. The number of nitrogens with zero attached hydrogens (tertiary/aromatic N) is 2. The summed E-state index contributed by atoms with van der Waals surface area (Å²) in [5.41, 5.74) is 1.33. The SMILES string of the molecule is CCOC1CC(NC(=NCC(=O)N(C)C)NC2CCOc3ccccc32)C12CCCC2.I. The molecule has 178 valence electrons. The molecule has 1 aromatic rings. The fourth-order valence-electron chi connectivity index (χ4n) is 5.33. The van der Waals surface area contributed by atoms with Crippen molar-refractivity contribution in [1.82, 2.24) is 15.5 Å². The fraction of sp³-hybridized carbons (Fsp3) is 0.667. The molecule has 1 aliphatic heterocycles. The van der Waals surface area contributed by atoms with Gasteiger partial charge in [0.25, 0.3) is 0 Å². The molecule has 2 fully saturated rings. The number of nitrogens with one attached hydrogen (secondary N) is 2. The first-order valence-corrected chi connectivity index (χ1v) is 11.6. The lowest BCUT2D eigenvalue weighted by atomic mass is 9.60. The standard InChI is InChI=1S/C24H36N4O3.HI/c1-4-30-21-15-20(24(21)12-7-8-13-24)27-23(25-16-22(29)28(2)3)26-18-11-14-31-19-10-6-5-9-17(18)19;/h5-6,9-10,18,20-21H,4,7-8,11-16H2,1-3H3,(H2,25,26,27);1H. The van der Waals surface area contributed by atoms with Crippen LogP contribution in [0, 0.1) is 5.41 Å². The molecule has 1 spiro atoms. The van der Waals surface area contributed by atoms with Crippen LogP contribution in [0.15, 0.2) is 29.3 Å². The summed E-state index contributed by atoms with van der Waals surface area (Å²) in [6.45, 7) is 3.63. The van der Waals surface area contributed by atoms with Crippen molar-refractivity contribution < 1.29 is 14.3 Å². The molecular formula is C24H37IN4O3. The van der Waals surface area contributed by atoms with Crippen molar-refractivity contribution >= 4 is 35.8 Å². The quantitative estimate of drug-likeness (QED) is 0.319. The fourth-order valence-corrected chi connectivity index (χ4v) is 5.33. The van der Waals surface area contributed by atoms with E-state index in [1.807, 2.05) is 18.2 Å². The maximum atomic E-state index is 12.2.